The van der Waals surface area contributed by atoms with Crippen LogP contribution in [0.15, 0.2) is 132 Å². The minimum atomic E-state index is -0.241. The molecule has 1 aliphatic carbocycles. The Morgan fingerprint density at radius 1 is 0.622 bits per heavy atom. The fourth-order valence-electron chi connectivity index (χ4n) is 7.86. The molecule has 6 aromatic carbocycles. The van der Waals surface area contributed by atoms with Crippen LogP contribution >= 0.6 is 0 Å². The molecule has 0 spiro atoms. The number of nitrogens with zero attached hydrogens (tertiary/aromatic N) is 3. The average Bonchev–Trinajstić information content (AvgIpc) is 3.70. The lowest BCUT2D eigenvalue weighted by Crippen LogP contribution is -2.15. The van der Waals surface area contributed by atoms with Crippen molar-refractivity contribution in [3.05, 3.63) is 139 Å². The molecule has 0 saturated carbocycles. The van der Waals surface area contributed by atoms with E-state index in [9.17, 15) is 0 Å². The maximum Gasteiger partial charge on any atom is 0.235 e. The van der Waals surface area contributed by atoms with E-state index in [4.69, 9.17) is 14.4 Å². The number of hydrogen-bond acceptors (Lipinski definition) is 3. The van der Waals surface area contributed by atoms with Crippen LogP contribution in [0.2, 0.25) is 0 Å². The maximum atomic E-state index is 6.87. The molecule has 4 heteroatoms. The summed E-state index contributed by atoms with van der Waals surface area (Å²) in [6.45, 7) is 4.65. The molecule has 1 aliphatic rings. The van der Waals surface area contributed by atoms with Gasteiger partial charge in [-0.3, -0.25) is 4.57 Å². The first-order valence-electron chi connectivity index (χ1n) is 15.4. The standard InChI is InChI=1S/C41H27N3O/c1-41(2)29-20-10-6-16-25(29)33-34-27-18-8-12-22-31(27)44(38(34)35-28-19-9-13-23-32(28)45-39(35)36(33)41)40-42-30-21-11-7-17-26(30)37(43-40)24-14-4-3-5-15-24/h3-23H,1-2H3. The van der Waals surface area contributed by atoms with Gasteiger partial charge in [0.1, 0.15) is 11.2 Å². The second kappa shape index (κ2) is 8.67. The molecular formula is C41H27N3O. The number of furan rings is 1. The summed E-state index contributed by atoms with van der Waals surface area (Å²) in [5, 5.41) is 5.63. The molecule has 0 amide bonds. The Kier molecular flexibility index (Phi) is 4.76. The lowest BCUT2D eigenvalue weighted by molar-refractivity contribution is 0.620. The number of para-hydroxylation sites is 3. The molecule has 9 aromatic rings. The molecular weight excluding hydrogens is 550 g/mol. The minimum absolute atomic E-state index is 0.241. The van der Waals surface area contributed by atoms with E-state index in [2.05, 4.69) is 134 Å². The van der Waals surface area contributed by atoms with Gasteiger partial charge in [-0.2, -0.15) is 0 Å². The Hall–Kier alpha value is -5.74. The minimum Gasteiger partial charge on any atom is -0.456 e. The lowest BCUT2D eigenvalue weighted by Gasteiger charge is -2.21. The van der Waals surface area contributed by atoms with Crippen LogP contribution in [0.5, 0.6) is 0 Å². The van der Waals surface area contributed by atoms with Crippen LogP contribution in [0, 0.1) is 0 Å². The van der Waals surface area contributed by atoms with Gasteiger partial charge >= 0.3 is 0 Å². The van der Waals surface area contributed by atoms with E-state index < -0.39 is 0 Å². The zero-order valence-electron chi connectivity index (χ0n) is 24.9. The van der Waals surface area contributed by atoms with Gasteiger partial charge in [0, 0.05) is 38.1 Å². The first-order valence-corrected chi connectivity index (χ1v) is 15.4. The van der Waals surface area contributed by atoms with Crippen LogP contribution < -0.4 is 0 Å². The molecule has 0 fully saturated rings. The van der Waals surface area contributed by atoms with Crippen LogP contribution in [0.3, 0.4) is 0 Å². The van der Waals surface area contributed by atoms with E-state index in [1.807, 2.05) is 12.1 Å². The summed E-state index contributed by atoms with van der Waals surface area (Å²) in [4.78, 5) is 10.6. The molecule has 0 radical (unpaired) electrons. The monoisotopic (exact) mass is 577 g/mol. The maximum absolute atomic E-state index is 6.87. The normalized spacial score (nSPS) is 13.7. The van der Waals surface area contributed by atoms with E-state index >= 15 is 0 Å². The smallest absolute Gasteiger partial charge is 0.235 e. The van der Waals surface area contributed by atoms with Gasteiger partial charge in [0.05, 0.1) is 27.6 Å². The quantitative estimate of drug-likeness (QED) is 0.205. The van der Waals surface area contributed by atoms with Crippen molar-refractivity contribution in [2.75, 3.05) is 0 Å². The van der Waals surface area contributed by atoms with Crippen molar-refractivity contribution in [3.8, 4) is 28.3 Å². The van der Waals surface area contributed by atoms with E-state index in [-0.39, 0.29) is 5.41 Å². The first kappa shape index (κ1) is 24.7. The fraction of sp³-hybridized carbons (Fsp3) is 0.0732. The van der Waals surface area contributed by atoms with Crippen LogP contribution in [0.25, 0.3) is 83.0 Å². The number of benzene rings is 6. The number of fused-ring (bicyclic) bond motifs is 13. The summed E-state index contributed by atoms with van der Waals surface area (Å²) >= 11 is 0. The second-order valence-electron chi connectivity index (χ2n) is 12.6. The van der Waals surface area contributed by atoms with Gasteiger partial charge in [0.15, 0.2) is 0 Å². The van der Waals surface area contributed by atoms with Gasteiger partial charge < -0.3 is 4.42 Å². The number of aromatic nitrogens is 3. The van der Waals surface area contributed by atoms with E-state index in [0.29, 0.717) is 5.95 Å². The SMILES string of the molecule is CC1(C)c2ccccc2-c2c1c1oc3ccccc3c1c1c2c2ccccc2n1-c1nc(-c2ccccc2)c2ccccc2n1. The molecule has 212 valence electrons. The van der Waals surface area contributed by atoms with Gasteiger partial charge in [-0.1, -0.05) is 123 Å². The van der Waals surface area contributed by atoms with Crippen molar-refractivity contribution in [1.29, 1.82) is 0 Å². The summed E-state index contributed by atoms with van der Waals surface area (Å²) in [6.07, 6.45) is 0. The van der Waals surface area contributed by atoms with Crippen molar-refractivity contribution < 1.29 is 4.42 Å². The Balaban J connectivity index is 1.48. The van der Waals surface area contributed by atoms with Crippen molar-refractivity contribution in [3.63, 3.8) is 0 Å². The Bertz CT molecular complexity index is 2680. The predicted molar refractivity (Wildman–Crippen MR) is 184 cm³/mol. The van der Waals surface area contributed by atoms with Crippen molar-refractivity contribution in [1.82, 2.24) is 14.5 Å². The summed E-state index contributed by atoms with van der Waals surface area (Å²) < 4.78 is 9.15. The number of hydrogen-bond donors (Lipinski definition) is 0. The summed E-state index contributed by atoms with van der Waals surface area (Å²) in [5.41, 5.74) is 11.7. The lowest BCUT2D eigenvalue weighted by atomic mass is 9.81. The zero-order chi connectivity index (χ0) is 29.9. The Morgan fingerprint density at radius 3 is 2.18 bits per heavy atom. The largest absolute Gasteiger partial charge is 0.456 e. The van der Waals surface area contributed by atoms with Crippen LogP contribution in [-0.2, 0) is 5.41 Å². The first-order chi connectivity index (χ1) is 22.1. The fourth-order valence-corrected chi connectivity index (χ4v) is 7.86. The summed E-state index contributed by atoms with van der Waals surface area (Å²) in [6, 6.07) is 44.7. The van der Waals surface area contributed by atoms with Gasteiger partial charge in [0.25, 0.3) is 0 Å². The highest BCUT2D eigenvalue weighted by Crippen LogP contribution is 2.57. The molecule has 4 nitrogen and oxygen atoms in total. The third-order valence-corrected chi connectivity index (χ3v) is 9.77. The molecule has 0 bridgehead atoms. The molecule has 0 unspecified atom stereocenters. The summed E-state index contributed by atoms with van der Waals surface area (Å²) in [7, 11) is 0. The highest BCUT2D eigenvalue weighted by molar-refractivity contribution is 6.30. The van der Waals surface area contributed by atoms with E-state index in [1.54, 1.807) is 0 Å². The van der Waals surface area contributed by atoms with Gasteiger partial charge in [-0.25, -0.2) is 9.97 Å². The molecule has 0 saturated heterocycles. The molecule has 0 atom stereocenters. The highest BCUT2D eigenvalue weighted by atomic mass is 16.3. The van der Waals surface area contributed by atoms with Crippen LogP contribution in [0.4, 0.5) is 0 Å². The topological polar surface area (TPSA) is 43.9 Å². The predicted octanol–water partition coefficient (Wildman–Crippen LogP) is 10.6. The van der Waals surface area contributed by atoms with Gasteiger partial charge in [-0.15, -0.1) is 0 Å². The summed E-state index contributed by atoms with van der Waals surface area (Å²) in [5.74, 6) is 0.649. The van der Waals surface area contributed by atoms with Gasteiger partial charge in [0.2, 0.25) is 5.95 Å². The average molecular weight is 578 g/mol. The molecule has 0 N–H and O–H groups in total. The molecule has 10 rings (SSSR count). The van der Waals surface area contributed by atoms with Crippen LogP contribution in [-0.4, -0.2) is 14.5 Å². The van der Waals surface area contributed by atoms with Crippen LogP contribution in [0.1, 0.15) is 25.0 Å². The Morgan fingerprint density at radius 2 is 1.31 bits per heavy atom. The van der Waals surface area contributed by atoms with Gasteiger partial charge in [-0.05, 0) is 34.9 Å². The second-order valence-corrected chi connectivity index (χ2v) is 12.6. The Labute approximate surface area is 259 Å². The van der Waals surface area contributed by atoms with Crippen molar-refractivity contribution >= 4 is 54.6 Å². The van der Waals surface area contributed by atoms with E-state index in [1.165, 1.54) is 33.0 Å². The molecule has 45 heavy (non-hydrogen) atoms. The third-order valence-electron chi connectivity index (χ3n) is 9.77. The highest BCUT2D eigenvalue weighted by Gasteiger charge is 2.41. The zero-order valence-corrected chi connectivity index (χ0v) is 24.9. The third kappa shape index (κ3) is 3.16. The van der Waals surface area contributed by atoms with E-state index in [0.717, 1.165) is 55.1 Å². The molecule has 3 heterocycles. The van der Waals surface area contributed by atoms with Crippen molar-refractivity contribution in [2.45, 2.75) is 19.3 Å². The van der Waals surface area contributed by atoms with Crippen molar-refractivity contribution in [2.24, 2.45) is 0 Å². The molecule has 0 aliphatic heterocycles. The molecule has 3 aromatic heterocycles. The number of rotatable bonds is 2.